The minimum absolute atomic E-state index is 0.134. The Morgan fingerprint density at radius 2 is 1.89 bits per heavy atom. The number of halogens is 1. The number of nitrogens with two attached hydrogens (primary N) is 1. The lowest BCUT2D eigenvalue weighted by atomic mass is 10.1. The van der Waals surface area contributed by atoms with Crippen LogP contribution in [0, 0.1) is 0 Å². The highest BCUT2D eigenvalue weighted by Crippen LogP contribution is 2.43. The summed E-state index contributed by atoms with van der Waals surface area (Å²) in [4.78, 5) is 26.8. The van der Waals surface area contributed by atoms with Crippen LogP contribution in [0.4, 0.5) is 15.1 Å². The quantitative estimate of drug-likeness (QED) is 0.846. The molecule has 4 heterocycles. The third-order valence-electron chi connectivity index (χ3n) is 5.39. The van der Waals surface area contributed by atoms with E-state index in [1.165, 1.54) is 11.3 Å². The number of aliphatic imine (C=N–C) groups is 2. The van der Waals surface area contributed by atoms with Crippen LogP contribution in [0.5, 0.6) is 0 Å². The Kier molecular flexibility index (Phi) is 4.16. The zero-order valence-electron chi connectivity index (χ0n) is 15.3. The Labute approximate surface area is 166 Å². The number of hydrogen-bond acceptors (Lipinski definition) is 6. The van der Waals surface area contributed by atoms with E-state index in [1.807, 2.05) is 30.3 Å². The molecule has 2 N–H and O–H groups in total. The molecule has 1 fully saturated rings. The van der Waals surface area contributed by atoms with Crippen molar-refractivity contribution in [3.63, 3.8) is 0 Å². The van der Waals surface area contributed by atoms with Gasteiger partial charge in [0.15, 0.2) is 0 Å². The lowest BCUT2D eigenvalue weighted by Crippen LogP contribution is -2.39. The van der Waals surface area contributed by atoms with Crippen LogP contribution in [0.3, 0.4) is 0 Å². The third-order valence-corrected chi connectivity index (χ3v) is 6.48. The number of amides is 1. The van der Waals surface area contributed by atoms with E-state index in [2.05, 4.69) is 9.89 Å². The summed E-state index contributed by atoms with van der Waals surface area (Å²) < 4.78 is 13.4. The number of anilines is 1. The Morgan fingerprint density at radius 1 is 1.14 bits per heavy atom. The highest BCUT2D eigenvalue weighted by Gasteiger charge is 2.36. The van der Waals surface area contributed by atoms with Gasteiger partial charge in [0, 0.05) is 25.2 Å². The third kappa shape index (κ3) is 2.71. The standard InChI is InChI=1S/C20H20FN5OS/c21-13-6-9-25(10-7-13)20(27)16-15(22)14-18-23-8-11-26(18)17(24-19(14)28-16)12-4-2-1-3-5-12/h1-5,13H,6-11,22H2. The van der Waals surface area contributed by atoms with Gasteiger partial charge in [-0.15, -0.1) is 11.3 Å². The molecule has 0 bridgehead atoms. The first kappa shape index (κ1) is 17.4. The number of nitrogens with zero attached hydrogens (tertiary/aromatic N) is 4. The van der Waals surface area contributed by atoms with Crippen LogP contribution in [0.1, 0.15) is 33.6 Å². The number of hydrogen-bond donors (Lipinski definition) is 1. The summed E-state index contributed by atoms with van der Waals surface area (Å²) in [6.45, 7) is 2.26. The second-order valence-corrected chi connectivity index (χ2v) is 8.15. The van der Waals surface area contributed by atoms with E-state index in [0.717, 1.165) is 34.3 Å². The van der Waals surface area contributed by atoms with Crippen molar-refractivity contribution in [2.24, 2.45) is 9.98 Å². The first-order chi connectivity index (χ1) is 13.6. The van der Waals surface area contributed by atoms with Crippen molar-refractivity contribution in [3.05, 3.63) is 46.3 Å². The molecule has 1 aromatic heterocycles. The van der Waals surface area contributed by atoms with E-state index in [-0.39, 0.29) is 5.91 Å². The summed E-state index contributed by atoms with van der Waals surface area (Å²) in [7, 11) is 0. The molecule has 1 amide bonds. The lowest BCUT2D eigenvalue weighted by Gasteiger charge is -2.28. The number of alkyl halides is 1. The highest BCUT2D eigenvalue weighted by atomic mass is 32.1. The predicted molar refractivity (Wildman–Crippen MR) is 110 cm³/mol. The zero-order chi connectivity index (χ0) is 19.3. The molecule has 0 spiro atoms. The van der Waals surface area contributed by atoms with Gasteiger partial charge >= 0.3 is 0 Å². The monoisotopic (exact) mass is 397 g/mol. The van der Waals surface area contributed by atoms with E-state index in [9.17, 15) is 9.18 Å². The Bertz CT molecular complexity index is 992. The van der Waals surface area contributed by atoms with Crippen molar-refractivity contribution in [1.82, 2.24) is 9.80 Å². The summed E-state index contributed by atoms with van der Waals surface area (Å²) in [5, 5.41) is 0.719. The zero-order valence-corrected chi connectivity index (χ0v) is 16.1. The summed E-state index contributed by atoms with van der Waals surface area (Å²) in [6.07, 6.45) is -0.0569. The van der Waals surface area contributed by atoms with Crippen LogP contribution in [0.2, 0.25) is 0 Å². The molecule has 5 rings (SSSR count). The number of likely N-dealkylation sites (tertiary alicyclic amines) is 1. The van der Waals surface area contributed by atoms with E-state index < -0.39 is 6.17 Å². The van der Waals surface area contributed by atoms with Gasteiger partial charge in [0.25, 0.3) is 5.91 Å². The molecule has 0 aliphatic carbocycles. The molecule has 28 heavy (non-hydrogen) atoms. The van der Waals surface area contributed by atoms with Crippen LogP contribution in [0.15, 0.2) is 40.3 Å². The number of rotatable bonds is 2. The average Bonchev–Trinajstić information content (AvgIpc) is 3.32. The van der Waals surface area contributed by atoms with Gasteiger partial charge in [0.2, 0.25) is 0 Å². The Hall–Kier alpha value is -2.74. The molecule has 0 saturated carbocycles. The molecule has 8 heteroatoms. The van der Waals surface area contributed by atoms with E-state index in [4.69, 9.17) is 10.7 Å². The van der Waals surface area contributed by atoms with Crippen LogP contribution in [0.25, 0.3) is 0 Å². The summed E-state index contributed by atoms with van der Waals surface area (Å²) in [5.41, 5.74) is 8.61. The SMILES string of the molecule is Nc1c(C(=O)N2CCC(F)CC2)sc2c1C1=NCCN1C(c1ccccc1)=N2. The lowest BCUT2D eigenvalue weighted by molar-refractivity contribution is 0.0673. The number of piperidine rings is 1. The number of carbonyl (C=O) groups excluding carboxylic acids is 1. The number of thiophene rings is 1. The number of carbonyl (C=O) groups is 1. The van der Waals surface area contributed by atoms with E-state index >= 15 is 0 Å². The van der Waals surface area contributed by atoms with Gasteiger partial charge in [0.1, 0.15) is 27.7 Å². The van der Waals surface area contributed by atoms with Crippen molar-refractivity contribution in [2.75, 3.05) is 31.9 Å². The topological polar surface area (TPSA) is 74.3 Å². The van der Waals surface area contributed by atoms with Crippen LogP contribution < -0.4 is 5.73 Å². The van der Waals surface area contributed by atoms with Gasteiger partial charge in [-0.3, -0.25) is 9.79 Å². The first-order valence-electron chi connectivity index (χ1n) is 9.45. The molecule has 2 aromatic rings. The minimum atomic E-state index is -0.822. The molecule has 1 saturated heterocycles. The van der Waals surface area contributed by atoms with Gasteiger partial charge in [-0.25, -0.2) is 9.38 Å². The molecular weight excluding hydrogens is 377 g/mol. The molecule has 0 unspecified atom stereocenters. The molecule has 1 aromatic carbocycles. The summed E-state index contributed by atoms with van der Waals surface area (Å²) >= 11 is 1.31. The molecule has 3 aliphatic heterocycles. The average molecular weight is 397 g/mol. The number of amidine groups is 2. The second kappa shape index (κ2) is 6.70. The predicted octanol–water partition coefficient (Wildman–Crippen LogP) is 3.06. The van der Waals surface area contributed by atoms with Crippen molar-refractivity contribution in [2.45, 2.75) is 19.0 Å². The highest BCUT2D eigenvalue weighted by molar-refractivity contribution is 7.19. The Morgan fingerprint density at radius 3 is 2.64 bits per heavy atom. The number of fused-ring (bicyclic) bond motifs is 3. The van der Waals surface area contributed by atoms with Crippen LogP contribution in [-0.2, 0) is 0 Å². The van der Waals surface area contributed by atoms with Gasteiger partial charge in [-0.05, 0) is 12.8 Å². The van der Waals surface area contributed by atoms with Gasteiger partial charge in [-0.2, -0.15) is 0 Å². The van der Waals surface area contributed by atoms with Crippen molar-refractivity contribution >= 4 is 39.6 Å². The number of nitrogen functional groups attached to an aromatic ring is 1. The maximum atomic E-state index is 13.4. The molecule has 3 aliphatic rings. The summed E-state index contributed by atoms with van der Waals surface area (Å²) in [6, 6.07) is 9.96. The van der Waals surface area contributed by atoms with E-state index in [1.54, 1.807) is 4.90 Å². The van der Waals surface area contributed by atoms with Gasteiger partial charge in [-0.1, -0.05) is 30.3 Å². The van der Waals surface area contributed by atoms with Crippen molar-refractivity contribution < 1.29 is 9.18 Å². The fraction of sp³-hybridized carbons (Fsp3) is 0.350. The molecule has 6 nitrogen and oxygen atoms in total. The van der Waals surface area contributed by atoms with Crippen LogP contribution in [-0.4, -0.2) is 59.7 Å². The maximum absolute atomic E-state index is 13.4. The van der Waals surface area contributed by atoms with Gasteiger partial charge < -0.3 is 15.5 Å². The normalized spacial score (nSPS) is 19.2. The minimum Gasteiger partial charge on any atom is -0.397 e. The Balaban J connectivity index is 1.56. The molecule has 0 radical (unpaired) electrons. The molecular formula is C20H20FN5OS. The molecule has 0 atom stereocenters. The first-order valence-corrected chi connectivity index (χ1v) is 10.3. The molecule has 144 valence electrons. The largest absolute Gasteiger partial charge is 0.397 e. The summed E-state index contributed by atoms with van der Waals surface area (Å²) in [5.74, 6) is 1.49. The smallest absolute Gasteiger partial charge is 0.266 e. The maximum Gasteiger partial charge on any atom is 0.266 e. The second-order valence-electron chi connectivity index (χ2n) is 7.15. The number of benzene rings is 1. The van der Waals surface area contributed by atoms with E-state index in [0.29, 0.717) is 43.0 Å². The fourth-order valence-electron chi connectivity index (χ4n) is 3.91. The van der Waals surface area contributed by atoms with Crippen molar-refractivity contribution in [1.29, 1.82) is 0 Å². The van der Waals surface area contributed by atoms with Crippen LogP contribution >= 0.6 is 11.3 Å². The fourth-order valence-corrected chi connectivity index (χ4v) is 4.97. The van der Waals surface area contributed by atoms with Crippen molar-refractivity contribution in [3.8, 4) is 0 Å². The van der Waals surface area contributed by atoms with Gasteiger partial charge in [0.05, 0.1) is 17.8 Å².